The highest BCUT2D eigenvalue weighted by Crippen LogP contribution is 2.61. The van der Waals surface area contributed by atoms with Gasteiger partial charge in [-0.25, -0.2) is 0 Å². The molecule has 3 nitrogen and oxygen atoms in total. The zero-order valence-corrected chi connectivity index (χ0v) is 9.79. The minimum atomic E-state index is -0.669. The molecule has 3 heteroatoms. The fraction of sp³-hybridized carbons (Fsp3) is 0.786. The summed E-state index contributed by atoms with van der Waals surface area (Å²) in [6, 6.07) is 0. The monoisotopic (exact) mass is 234 g/mol. The number of hydrogen-bond acceptors (Lipinski definition) is 2. The van der Waals surface area contributed by atoms with Crippen LogP contribution in [0.5, 0.6) is 0 Å². The molecule has 1 N–H and O–H groups in total. The van der Waals surface area contributed by atoms with Crippen molar-refractivity contribution in [1.82, 2.24) is 0 Å². The van der Waals surface area contributed by atoms with E-state index in [0.29, 0.717) is 30.5 Å². The maximum absolute atomic E-state index is 10.7. The second-order valence-corrected chi connectivity index (χ2v) is 6.17. The highest BCUT2D eigenvalue weighted by Gasteiger charge is 2.62. The largest absolute Gasteiger partial charge is 0.481 e. The predicted molar refractivity (Wildman–Crippen MR) is 61.4 cm³/mol. The van der Waals surface area contributed by atoms with Crippen LogP contribution in [0.1, 0.15) is 25.7 Å². The molecule has 17 heavy (non-hydrogen) atoms. The molecule has 4 rings (SSSR count). The molecule has 3 fully saturated rings. The Morgan fingerprint density at radius 3 is 2.76 bits per heavy atom. The number of allylic oxidation sites excluding steroid dienone is 2. The van der Waals surface area contributed by atoms with E-state index in [1.807, 2.05) is 0 Å². The molecule has 0 amide bonds. The van der Waals surface area contributed by atoms with E-state index in [1.54, 1.807) is 0 Å². The molecule has 0 aromatic carbocycles. The lowest BCUT2D eigenvalue weighted by molar-refractivity contribution is -0.137. The van der Waals surface area contributed by atoms with Crippen LogP contribution >= 0.6 is 0 Å². The molecular formula is C14H18O3. The molecule has 2 saturated heterocycles. The first-order chi connectivity index (χ1) is 8.24. The third kappa shape index (κ3) is 1.29. The number of fused-ring (bicyclic) bond motifs is 9. The van der Waals surface area contributed by atoms with Gasteiger partial charge in [-0.2, -0.15) is 0 Å². The van der Waals surface area contributed by atoms with Gasteiger partial charge < -0.3 is 9.84 Å². The summed E-state index contributed by atoms with van der Waals surface area (Å²) in [6.45, 7) is 0. The maximum atomic E-state index is 10.7. The summed E-state index contributed by atoms with van der Waals surface area (Å²) in [5.41, 5.74) is 0. The van der Waals surface area contributed by atoms with Crippen LogP contribution in [0.15, 0.2) is 12.2 Å². The first kappa shape index (κ1) is 10.1. The van der Waals surface area contributed by atoms with Gasteiger partial charge in [-0.3, -0.25) is 4.79 Å². The highest BCUT2D eigenvalue weighted by molar-refractivity contribution is 5.66. The summed E-state index contributed by atoms with van der Waals surface area (Å²) < 4.78 is 6.13. The number of aliphatic carboxylic acids is 1. The minimum absolute atomic E-state index is 0.304. The number of rotatable bonds is 3. The average molecular weight is 234 g/mol. The van der Waals surface area contributed by atoms with Crippen LogP contribution in [0.2, 0.25) is 0 Å². The van der Waals surface area contributed by atoms with Crippen molar-refractivity contribution in [2.45, 2.75) is 37.9 Å². The average Bonchev–Trinajstić information content (AvgIpc) is 3.03. The van der Waals surface area contributed by atoms with Gasteiger partial charge >= 0.3 is 5.97 Å². The standard InChI is InChI=1S/C14H18O3/c15-11(16)4-3-9-6-10-12-7-1-2-8(5-7)13(12)14(9)17-10/h1-2,7-10,12-14H,3-6H2,(H,15,16). The fourth-order valence-corrected chi connectivity index (χ4v) is 4.93. The smallest absolute Gasteiger partial charge is 0.303 e. The first-order valence-electron chi connectivity index (χ1n) is 6.79. The van der Waals surface area contributed by atoms with Gasteiger partial charge in [0.15, 0.2) is 0 Å². The topological polar surface area (TPSA) is 46.5 Å². The maximum Gasteiger partial charge on any atom is 0.303 e. The van der Waals surface area contributed by atoms with Gasteiger partial charge in [0.05, 0.1) is 12.2 Å². The van der Waals surface area contributed by atoms with E-state index < -0.39 is 5.97 Å². The number of ether oxygens (including phenoxy) is 1. The van der Waals surface area contributed by atoms with Crippen LogP contribution in [-0.4, -0.2) is 23.3 Å². The molecule has 4 aliphatic rings. The summed E-state index contributed by atoms with van der Waals surface area (Å²) in [5.74, 6) is 2.80. The molecule has 92 valence electrons. The van der Waals surface area contributed by atoms with E-state index >= 15 is 0 Å². The molecule has 2 heterocycles. The van der Waals surface area contributed by atoms with E-state index in [0.717, 1.165) is 30.6 Å². The van der Waals surface area contributed by atoms with E-state index in [9.17, 15) is 4.79 Å². The SMILES string of the molecule is O=C(O)CCC1CC2OC1C1C3C=CC(C3)C21. The molecule has 4 bridgehead atoms. The second-order valence-electron chi connectivity index (χ2n) is 6.17. The van der Waals surface area contributed by atoms with Crippen LogP contribution in [-0.2, 0) is 9.53 Å². The van der Waals surface area contributed by atoms with Crippen LogP contribution in [0.25, 0.3) is 0 Å². The summed E-state index contributed by atoms with van der Waals surface area (Å²) in [5, 5.41) is 8.78. The third-order valence-corrected chi connectivity index (χ3v) is 5.45. The van der Waals surface area contributed by atoms with E-state index in [-0.39, 0.29) is 0 Å². The van der Waals surface area contributed by atoms with Crippen molar-refractivity contribution in [3.63, 3.8) is 0 Å². The van der Waals surface area contributed by atoms with Crippen LogP contribution < -0.4 is 0 Å². The molecule has 0 aromatic rings. The van der Waals surface area contributed by atoms with Gasteiger partial charge in [0.2, 0.25) is 0 Å². The van der Waals surface area contributed by atoms with Gasteiger partial charge in [0.1, 0.15) is 0 Å². The molecule has 7 unspecified atom stereocenters. The quantitative estimate of drug-likeness (QED) is 0.760. The lowest BCUT2D eigenvalue weighted by Gasteiger charge is -2.33. The Labute approximate surface area is 101 Å². The van der Waals surface area contributed by atoms with Crippen molar-refractivity contribution >= 4 is 5.97 Å². The lowest BCUT2D eigenvalue weighted by Crippen LogP contribution is -2.35. The van der Waals surface area contributed by atoms with Crippen molar-refractivity contribution in [3.05, 3.63) is 12.2 Å². The first-order valence-corrected chi connectivity index (χ1v) is 6.79. The Hall–Kier alpha value is -0.830. The number of carboxylic acids is 1. The summed E-state index contributed by atoms with van der Waals surface area (Å²) >= 11 is 0. The zero-order valence-electron chi connectivity index (χ0n) is 9.79. The lowest BCUT2D eigenvalue weighted by atomic mass is 9.68. The van der Waals surface area contributed by atoms with Crippen molar-refractivity contribution in [2.75, 3.05) is 0 Å². The molecule has 0 radical (unpaired) electrons. The minimum Gasteiger partial charge on any atom is -0.481 e. The number of hydrogen-bond donors (Lipinski definition) is 1. The van der Waals surface area contributed by atoms with Gasteiger partial charge in [0, 0.05) is 6.42 Å². The van der Waals surface area contributed by atoms with Crippen molar-refractivity contribution in [2.24, 2.45) is 29.6 Å². The van der Waals surface area contributed by atoms with Crippen molar-refractivity contribution in [3.8, 4) is 0 Å². The van der Waals surface area contributed by atoms with Crippen LogP contribution in [0.4, 0.5) is 0 Å². The Morgan fingerprint density at radius 1 is 1.24 bits per heavy atom. The molecule has 0 aromatic heterocycles. The number of carbonyl (C=O) groups is 1. The number of carboxylic acid groups (broad SMARTS) is 1. The van der Waals surface area contributed by atoms with Gasteiger partial charge in [-0.15, -0.1) is 0 Å². The van der Waals surface area contributed by atoms with E-state index in [2.05, 4.69) is 12.2 Å². The summed E-state index contributed by atoms with van der Waals surface area (Å²) in [4.78, 5) is 10.7. The zero-order chi connectivity index (χ0) is 11.6. The molecule has 0 spiro atoms. The molecule has 7 atom stereocenters. The Bertz CT molecular complexity index is 389. The normalized spacial score (nSPS) is 53.3. The van der Waals surface area contributed by atoms with Crippen molar-refractivity contribution in [1.29, 1.82) is 0 Å². The Morgan fingerprint density at radius 2 is 2.00 bits per heavy atom. The third-order valence-electron chi connectivity index (χ3n) is 5.45. The highest BCUT2D eigenvalue weighted by atomic mass is 16.5. The van der Waals surface area contributed by atoms with Crippen molar-refractivity contribution < 1.29 is 14.6 Å². The van der Waals surface area contributed by atoms with Gasteiger partial charge in [0.25, 0.3) is 0 Å². The molecular weight excluding hydrogens is 216 g/mol. The van der Waals surface area contributed by atoms with Gasteiger partial charge in [-0.1, -0.05) is 12.2 Å². The second kappa shape index (κ2) is 3.35. The van der Waals surface area contributed by atoms with E-state index in [4.69, 9.17) is 9.84 Å². The molecule has 1 saturated carbocycles. The van der Waals surface area contributed by atoms with Crippen LogP contribution in [0.3, 0.4) is 0 Å². The molecule has 2 aliphatic heterocycles. The van der Waals surface area contributed by atoms with Gasteiger partial charge in [-0.05, 0) is 48.9 Å². The summed E-state index contributed by atoms with van der Waals surface area (Å²) in [6.07, 6.45) is 9.12. The fourth-order valence-electron chi connectivity index (χ4n) is 4.93. The molecule has 2 aliphatic carbocycles. The summed E-state index contributed by atoms with van der Waals surface area (Å²) in [7, 11) is 0. The Kier molecular flexibility index (Phi) is 1.99. The van der Waals surface area contributed by atoms with E-state index in [1.165, 1.54) is 6.42 Å². The Balaban J connectivity index is 1.51. The van der Waals surface area contributed by atoms with Crippen LogP contribution in [0, 0.1) is 29.6 Å². The predicted octanol–water partition coefficient (Wildman–Crippen LogP) is 2.08.